The number of likely N-dealkylation sites (N-methyl/N-ethyl adjacent to an activating group) is 1. The highest BCUT2D eigenvalue weighted by Crippen LogP contribution is 2.25. The van der Waals surface area contributed by atoms with E-state index in [4.69, 9.17) is 8.85 Å². The van der Waals surface area contributed by atoms with Gasteiger partial charge in [-0.05, 0) is 45.8 Å². The Hall–Kier alpha value is -0.266. The van der Waals surface area contributed by atoms with Gasteiger partial charge in [-0.25, -0.2) is 0 Å². The SMILES string of the molecule is CCN1CC(O[Si](C)(C)C)=C(O[Si](C)(C)C)C1. The van der Waals surface area contributed by atoms with Crippen LogP contribution in [0.15, 0.2) is 11.5 Å². The minimum absolute atomic E-state index is 0.917. The zero-order chi connectivity index (χ0) is 13.3. The Morgan fingerprint density at radius 3 is 1.47 bits per heavy atom. The van der Waals surface area contributed by atoms with E-state index in [1.54, 1.807) is 0 Å². The minimum Gasteiger partial charge on any atom is -0.544 e. The molecule has 0 N–H and O–H groups in total. The molecule has 0 saturated heterocycles. The van der Waals surface area contributed by atoms with Crippen molar-refractivity contribution in [3.8, 4) is 0 Å². The van der Waals surface area contributed by atoms with Crippen molar-refractivity contribution in [1.82, 2.24) is 4.90 Å². The van der Waals surface area contributed by atoms with E-state index in [-0.39, 0.29) is 0 Å². The molecule has 1 rings (SSSR count). The fourth-order valence-electron chi connectivity index (χ4n) is 1.78. The summed E-state index contributed by atoms with van der Waals surface area (Å²) >= 11 is 0. The van der Waals surface area contributed by atoms with Crippen LogP contribution in [-0.2, 0) is 8.85 Å². The lowest BCUT2D eigenvalue weighted by Crippen LogP contribution is -2.28. The molecule has 0 aromatic carbocycles. The van der Waals surface area contributed by atoms with Gasteiger partial charge in [0.15, 0.2) is 0 Å². The Morgan fingerprint density at radius 2 is 1.24 bits per heavy atom. The molecular weight excluding hydrogens is 246 g/mol. The van der Waals surface area contributed by atoms with Gasteiger partial charge in [0.25, 0.3) is 0 Å². The zero-order valence-corrected chi connectivity index (χ0v) is 14.4. The van der Waals surface area contributed by atoms with E-state index in [1.165, 1.54) is 0 Å². The Balaban J connectivity index is 2.80. The largest absolute Gasteiger partial charge is 0.544 e. The van der Waals surface area contributed by atoms with Gasteiger partial charge in [-0.1, -0.05) is 6.92 Å². The molecule has 0 atom stereocenters. The Labute approximate surface area is 108 Å². The zero-order valence-electron chi connectivity index (χ0n) is 12.4. The quantitative estimate of drug-likeness (QED) is 0.718. The second-order valence-corrected chi connectivity index (χ2v) is 15.4. The van der Waals surface area contributed by atoms with Crippen molar-refractivity contribution < 1.29 is 8.85 Å². The predicted octanol–water partition coefficient (Wildman–Crippen LogP) is 3.24. The molecule has 1 aliphatic rings. The van der Waals surface area contributed by atoms with Gasteiger partial charge in [0, 0.05) is 0 Å². The van der Waals surface area contributed by atoms with Crippen LogP contribution in [0.1, 0.15) is 6.92 Å². The molecule has 1 heterocycles. The minimum atomic E-state index is -1.53. The summed E-state index contributed by atoms with van der Waals surface area (Å²) in [5.41, 5.74) is 0. The standard InChI is InChI=1S/C12H27NO2Si2/c1-8-13-9-11(14-16(2,3)4)12(10-13)15-17(5,6)7/h8-10H2,1-7H3. The molecule has 1 aliphatic heterocycles. The van der Waals surface area contributed by atoms with Crippen molar-refractivity contribution in [3.63, 3.8) is 0 Å². The molecule has 0 bridgehead atoms. The lowest BCUT2D eigenvalue weighted by Gasteiger charge is -2.24. The summed E-state index contributed by atoms with van der Waals surface area (Å²) in [6, 6.07) is 0. The predicted molar refractivity (Wildman–Crippen MR) is 78.0 cm³/mol. The average Bonchev–Trinajstić information content (AvgIpc) is 2.42. The van der Waals surface area contributed by atoms with Crippen molar-refractivity contribution in [2.75, 3.05) is 19.6 Å². The molecule has 0 amide bonds. The molecule has 0 aromatic rings. The number of nitrogens with zero attached hydrogens (tertiary/aromatic N) is 1. The van der Waals surface area contributed by atoms with Gasteiger partial charge in [-0.15, -0.1) is 0 Å². The van der Waals surface area contributed by atoms with Gasteiger partial charge in [0.05, 0.1) is 13.1 Å². The molecule has 0 spiro atoms. The van der Waals surface area contributed by atoms with Crippen molar-refractivity contribution >= 4 is 16.6 Å². The van der Waals surface area contributed by atoms with E-state index in [9.17, 15) is 0 Å². The molecule has 0 aliphatic carbocycles. The van der Waals surface area contributed by atoms with Gasteiger partial charge < -0.3 is 8.85 Å². The van der Waals surface area contributed by atoms with Gasteiger partial charge >= 0.3 is 0 Å². The van der Waals surface area contributed by atoms with Crippen LogP contribution in [0.25, 0.3) is 0 Å². The van der Waals surface area contributed by atoms with Gasteiger partial charge in [0.1, 0.15) is 11.5 Å². The Morgan fingerprint density at radius 1 is 0.882 bits per heavy atom. The van der Waals surface area contributed by atoms with Crippen LogP contribution in [0.4, 0.5) is 0 Å². The fourth-order valence-corrected chi connectivity index (χ4v) is 3.61. The summed E-state index contributed by atoms with van der Waals surface area (Å²) in [7, 11) is -3.06. The smallest absolute Gasteiger partial charge is 0.242 e. The van der Waals surface area contributed by atoms with E-state index in [2.05, 4.69) is 51.1 Å². The topological polar surface area (TPSA) is 21.7 Å². The van der Waals surface area contributed by atoms with E-state index in [0.717, 1.165) is 31.2 Å². The third-order valence-electron chi connectivity index (χ3n) is 2.35. The molecule has 0 saturated carbocycles. The Bertz CT molecular complexity index is 275. The van der Waals surface area contributed by atoms with Crippen LogP contribution < -0.4 is 0 Å². The van der Waals surface area contributed by atoms with E-state index >= 15 is 0 Å². The molecule has 100 valence electrons. The molecule has 0 fully saturated rings. The van der Waals surface area contributed by atoms with Crippen molar-refractivity contribution in [3.05, 3.63) is 11.5 Å². The second kappa shape index (κ2) is 5.16. The first-order chi connectivity index (χ1) is 7.61. The molecular formula is C12H27NO2Si2. The molecule has 0 radical (unpaired) electrons. The first-order valence-corrected chi connectivity index (χ1v) is 13.2. The maximum Gasteiger partial charge on any atom is 0.242 e. The average molecular weight is 274 g/mol. The normalized spacial score (nSPS) is 18.8. The van der Waals surface area contributed by atoms with Crippen molar-refractivity contribution in [2.24, 2.45) is 0 Å². The monoisotopic (exact) mass is 273 g/mol. The van der Waals surface area contributed by atoms with Gasteiger partial charge in [-0.2, -0.15) is 0 Å². The summed E-state index contributed by atoms with van der Waals surface area (Å²) in [4.78, 5) is 2.37. The molecule has 0 unspecified atom stereocenters. The van der Waals surface area contributed by atoms with Crippen LogP contribution >= 0.6 is 0 Å². The van der Waals surface area contributed by atoms with Crippen LogP contribution in [0.3, 0.4) is 0 Å². The highest BCUT2D eigenvalue weighted by atomic mass is 28.4. The maximum atomic E-state index is 6.16. The number of hydrogen-bond donors (Lipinski definition) is 0. The van der Waals surface area contributed by atoms with Crippen molar-refractivity contribution in [1.29, 1.82) is 0 Å². The second-order valence-electron chi connectivity index (χ2n) is 6.58. The lowest BCUT2D eigenvalue weighted by atomic mass is 10.5. The highest BCUT2D eigenvalue weighted by molar-refractivity contribution is 6.70. The number of rotatable bonds is 5. The molecule has 5 heteroatoms. The summed E-state index contributed by atoms with van der Waals surface area (Å²) < 4.78 is 12.3. The van der Waals surface area contributed by atoms with E-state index in [1.807, 2.05) is 0 Å². The van der Waals surface area contributed by atoms with E-state index in [0.29, 0.717) is 0 Å². The van der Waals surface area contributed by atoms with Crippen LogP contribution in [0.5, 0.6) is 0 Å². The van der Waals surface area contributed by atoms with Crippen LogP contribution in [-0.4, -0.2) is 41.2 Å². The summed E-state index contributed by atoms with van der Waals surface area (Å²) in [5, 5.41) is 0. The fraction of sp³-hybridized carbons (Fsp3) is 0.833. The van der Waals surface area contributed by atoms with Crippen LogP contribution in [0, 0.1) is 0 Å². The van der Waals surface area contributed by atoms with Gasteiger partial charge in [0.2, 0.25) is 16.6 Å². The number of hydrogen-bond acceptors (Lipinski definition) is 3. The van der Waals surface area contributed by atoms with E-state index < -0.39 is 16.6 Å². The molecule has 0 aromatic heterocycles. The Kier molecular flexibility index (Phi) is 4.49. The first-order valence-electron chi connectivity index (χ1n) is 6.43. The maximum absolute atomic E-state index is 6.16. The lowest BCUT2D eigenvalue weighted by molar-refractivity contribution is 0.312. The van der Waals surface area contributed by atoms with Crippen molar-refractivity contribution in [2.45, 2.75) is 46.2 Å². The third-order valence-corrected chi connectivity index (χ3v) is 4.07. The van der Waals surface area contributed by atoms with Crippen LogP contribution in [0.2, 0.25) is 39.3 Å². The summed E-state index contributed by atoms with van der Waals surface area (Å²) in [5.74, 6) is 2.18. The highest BCUT2D eigenvalue weighted by Gasteiger charge is 2.30. The third kappa shape index (κ3) is 5.27. The first kappa shape index (κ1) is 14.8. The van der Waals surface area contributed by atoms with Gasteiger partial charge in [-0.3, -0.25) is 4.90 Å². The summed E-state index contributed by atoms with van der Waals surface area (Å²) in [6.45, 7) is 18.4. The molecule has 17 heavy (non-hydrogen) atoms. The summed E-state index contributed by atoms with van der Waals surface area (Å²) in [6.07, 6.45) is 0. The molecule has 3 nitrogen and oxygen atoms in total.